The van der Waals surface area contributed by atoms with E-state index in [-0.39, 0.29) is 24.7 Å². The molecule has 186 valence electrons. The van der Waals surface area contributed by atoms with Crippen LogP contribution in [0.15, 0.2) is 24.3 Å². The van der Waals surface area contributed by atoms with Crippen LogP contribution >= 0.6 is 0 Å². The molecule has 0 aliphatic heterocycles. The van der Waals surface area contributed by atoms with E-state index in [4.69, 9.17) is 0 Å². The Bertz CT molecular complexity index is 985. The van der Waals surface area contributed by atoms with Crippen LogP contribution in [0.5, 0.6) is 0 Å². The smallest absolute Gasteiger partial charge is 0.272 e. The number of halogens is 1. The average Bonchev–Trinajstić information content (AvgIpc) is 3.10. The molecule has 2 aromatic rings. The van der Waals surface area contributed by atoms with Crippen LogP contribution in [0.2, 0.25) is 0 Å². The molecule has 0 spiro atoms. The first kappa shape index (κ1) is 25.8. The van der Waals surface area contributed by atoms with E-state index < -0.39 is 30.4 Å². The molecule has 34 heavy (non-hydrogen) atoms. The summed E-state index contributed by atoms with van der Waals surface area (Å²) in [7, 11) is 0. The van der Waals surface area contributed by atoms with Crippen LogP contribution in [0, 0.1) is 11.7 Å². The first-order chi connectivity index (χ1) is 16.2. The molecule has 0 radical (unpaired) electrons. The maximum absolute atomic E-state index is 13.5. The fourth-order valence-corrected chi connectivity index (χ4v) is 4.30. The van der Waals surface area contributed by atoms with Crippen molar-refractivity contribution < 1.29 is 29.3 Å². The molecule has 8 nitrogen and oxygen atoms in total. The number of nitrogens with one attached hydrogen (secondary N) is 1. The van der Waals surface area contributed by atoms with Gasteiger partial charge in [0.2, 0.25) is 0 Å². The molecular formula is C25H33FN3O5-. The van der Waals surface area contributed by atoms with Gasteiger partial charge < -0.3 is 25.4 Å². The first-order valence-electron chi connectivity index (χ1n) is 11.9. The third-order valence-corrected chi connectivity index (χ3v) is 6.32. The highest BCUT2D eigenvalue weighted by Gasteiger charge is 2.27. The molecule has 1 saturated carbocycles. The van der Waals surface area contributed by atoms with Crippen molar-refractivity contribution >= 4 is 11.9 Å². The summed E-state index contributed by atoms with van der Waals surface area (Å²) >= 11 is 0. The predicted molar refractivity (Wildman–Crippen MR) is 122 cm³/mol. The molecule has 0 saturated heterocycles. The minimum atomic E-state index is -1.38. The lowest BCUT2D eigenvalue weighted by Gasteiger charge is -2.25. The van der Waals surface area contributed by atoms with Gasteiger partial charge in [-0.2, -0.15) is 5.10 Å². The second-order valence-electron chi connectivity index (χ2n) is 9.42. The van der Waals surface area contributed by atoms with Crippen LogP contribution in [-0.2, 0) is 11.2 Å². The molecule has 3 rings (SSSR count). The lowest BCUT2D eigenvalue weighted by Crippen LogP contribution is -2.33. The van der Waals surface area contributed by atoms with Crippen LogP contribution in [0.1, 0.15) is 80.0 Å². The molecule has 1 aromatic carbocycles. The Balaban J connectivity index is 1.87. The molecule has 3 N–H and O–H groups in total. The van der Waals surface area contributed by atoms with Gasteiger partial charge in [0.15, 0.2) is 5.69 Å². The monoisotopic (exact) mass is 474 g/mol. The molecular weight excluding hydrogens is 441 g/mol. The number of carboxylic acids is 1. The van der Waals surface area contributed by atoms with E-state index in [9.17, 15) is 29.3 Å². The van der Waals surface area contributed by atoms with E-state index >= 15 is 0 Å². The SMILES string of the molecule is CC(C)c1c(C(=O)NCC2CCC2)nn(-c2ccc(F)cc2)c1CC[C@@H](O)C[C@@H](O)CC(=O)[O-]. The number of carboxylic acid groups (broad SMARTS) is 1. The maximum Gasteiger partial charge on any atom is 0.272 e. The van der Waals surface area contributed by atoms with Crippen molar-refractivity contribution in [2.45, 2.75) is 76.9 Å². The number of aliphatic hydroxyl groups is 2. The third-order valence-electron chi connectivity index (χ3n) is 6.32. The quantitative estimate of drug-likeness (QED) is 0.431. The van der Waals surface area contributed by atoms with E-state index in [1.165, 1.54) is 18.6 Å². The molecule has 1 aliphatic carbocycles. The lowest BCUT2D eigenvalue weighted by atomic mass is 9.85. The Morgan fingerprint density at radius 2 is 1.88 bits per heavy atom. The summed E-state index contributed by atoms with van der Waals surface area (Å²) < 4.78 is 15.1. The van der Waals surface area contributed by atoms with Gasteiger partial charge in [0.05, 0.1) is 17.9 Å². The third kappa shape index (κ3) is 6.64. The van der Waals surface area contributed by atoms with Gasteiger partial charge in [0.25, 0.3) is 5.91 Å². The average molecular weight is 475 g/mol. The van der Waals surface area contributed by atoms with Crippen LogP contribution in [0.25, 0.3) is 5.69 Å². The van der Waals surface area contributed by atoms with Crippen molar-refractivity contribution in [1.82, 2.24) is 15.1 Å². The summed E-state index contributed by atoms with van der Waals surface area (Å²) in [6, 6.07) is 5.78. The number of nitrogens with zero attached hydrogens (tertiary/aromatic N) is 2. The number of aliphatic hydroxyl groups excluding tert-OH is 2. The first-order valence-corrected chi connectivity index (χ1v) is 11.9. The number of aromatic nitrogens is 2. The van der Waals surface area contributed by atoms with Gasteiger partial charge in [0, 0.05) is 30.2 Å². The molecule has 1 amide bonds. The number of aliphatic carboxylic acids is 1. The molecule has 2 atom stereocenters. The number of benzene rings is 1. The lowest BCUT2D eigenvalue weighted by molar-refractivity contribution is -0.307. The highest BCUT2D eigenvalue weighted by molar-refractivity contribution is 5.94. The van der Waals surface area contributed by atoms with Gasteiger partial charge in [-0.05, 0) is 68.2 Å². The Kier molecular flexibility index (Phi) is 8.79. The van der Waals surface area contributed by atoms with Gasteiger partial charge in [-0.25, -0.2) is 9.07 Å². The van der Waals surface area contributed by atoms with Crippen LogP contribution < -0.4 is 10.4 Å². The van der Waals surface area contributed by atoms with Crippen LogP contribution in [0.3, 0.4) is 0 Å². The van der Waals surface area contributed by atoms with Crippen molar-refractivity contribution in [3.63, 3.8) is 0 Å². The predicted octanol–water partition coefficient (Wildman–Crippen LogP) is 1.85. The number of carbonyl (C=O) groups excluding carboxylic acids is 2. The van der Waals surface area contributed by atoms with Gasteiger partial charge >= 0.3 is 0 Å². The van der Waals surface area contributed by atoms with Gasteiger partial charge in [-0.3, -0.25) is 4.79 Å². The van der Waals surface area contributed by atoms with Gasteiger partial charge in [0.1, 0.15) is 5.82 Å². The fourth-order valence-electron chi connectivity index (χ4n) is 4.30. The Labute approximate surface area is 198 Å². The van der Waals surface area contributed by atoms with Crippen molar-refractivity contribution in [3.05, 3.63) is 47.0 Å². The summed E-state index contributed by atoms with van der Waals surface area (Å²) in [5.74, 6) is -1.59. The second-order valence-corrected chi connectivity index (χ2v) is 9.42. The van der Waals surface area contributed by atoms with Crippen molar-refractivity contribution in [3.8, 4) is 5.69 Å². The standard InChI is InChI=1S/C25H34FN3O5/c1-15(2)23-21(11-10-19(30)12-20(31)13-22(32)33)29(18-8-6-17(26)7-9-18)28-24(23)25(34)27-14-16-4-3-5-16/h6-9,15-16,19-20,30-31H,3-5,10-14H2,1-2H3,(H,27,34)(H,32,33)/p-1/t19-,20-/m1/s1. The Morgan fingerprint density at radius 3 is 2.44 bits per heavy atom. The Morgan fingerprint density at radius 1 is 1.21 bits per heavy atom. The zero-order chi connectivity index (χ0) is 24.8. The van der Waals surface area contributed by atoms with Gasteiger partial charge in [-0.1, -0.05) is 20.3 Å². The molecule has 0 bridgehead atoms. The number of amides is 1. The molecule has 0 unspecified atom stereocenters. The molecule has 1 fully saturated rings. The summed E-state index contributed by atoms with van der Waals surface area (Å²) in [5.41, 5.74) is 2.35. The Hall–Kier alpha value is -2.78. The number of hydrogen-bond acceptors (Lipinski definition) is 6. The summed E-state index contributed by atoms with van der Waals surface area (Å²) in [5, 5.41) is 38.4. The number of rotatable bonds is 12. The maximum atomic E-state index is 13.5. The zero-order valence-corrected chi connectivity index (χ0v) is 19.7. The highest BCUT2D eigenvalue weighted by atomic mass is 19.1. The zero-order valence-electron chi connectivity index (χ0n) is 19.7. The van der Waals surface area contributed by atoms with E-state index in [1.807, 2.05) is 13.8 Å². The molecule has 1 aliphatic rings. The number of hydrogen-bond donors (Lipinski definition) is 3. The minimum absolute atomic E-state index is 0.0468. The molecule has 1 heterocycles. The van der Waals surface area contributed by atoms with E-state index in [0.717, 1.165) is 18.4 Å². The van der Waals surface area contributed by atoms with Crippen LogP contribution in [0.4, 0.5) is 4.39 Å². The summed E-state index contributed by atoms with van der Waals surface area (Å²) in [4.78, 5) is 23.7. The largest absolute Gasteiger partial charge is 0.550 e. The topological polar surface area (TPSA) is 128 Å². The van der Waals surface area contributed by atoms with Crippen molar-refractivity contribution in [2.75, 3.05) is 6.54 Å². The summed E-state index contributed by atoms with van der Waals surface area (Å²) in [6.07, 6.45) is 1.12. The van der Waals surface area contributed by atoms with Crippen molar-refractivity contribution in [1.29, 1.82) is 0 Å². The minimum Gasteiger partial charge on any atom is -0.550 e. The van der Waals surface area contributed by atoms with E-state index in [0.29, 0.717) is 36.0 Å². The fraction of sp³-hybridized carbons (Fsp3) is 0.560. The highest BCUT2D eigenvalue weighted by Crippen LogP contribution is 2.29. The number of carbonyl (C=O) groups is 2. The van der Waals surface area contributed by atoms with Crippen LogP contribution in [-0.4, -0.2) is 50.6 Å². The second kappa shape index (κ2) is 11.6. The van der Waals surface area contributed by atoms with E-state index in [1.54, 1.807) is 16.8 Å². The molecule has 9 heteroatoms. The van der Waals surface area contributed by atoms with E-state index in [2.05, 4.69) is 10.4 Å². The molecule has 1 aromatic heterocycles. The van der Waals surface area contributed by atoms with Gasteiger partial charge in [-0.15, -0.1) is 0 Å². The summed E-state index contributed by atoms with van der Waals surface area (Å²) in [6.45, 7) is 4.51. The van der Waals surface area contributed by atoms with Crippen molar-refractivity contribution in [2.24, 2.45) is 5.92 Å². The normalized spacial score (nSPS) is 15.7.